The van der Waals surface area contributed by atoms with Crippen LogP contribution in [0.25, 0.3) is 0 Å². The third-order valence-electron chi connectivity index (χ3n) is 1.94. The largest absolute Gasteiger partial charge is 0.386 e. The molecule has 1 rings (SSSR count). The summed E-state index contributed by atoms with van der Waals surface area (Å²) in [6, 6.07) is 0. The number of nitrogens with one attached hydrogen (secondary N) is 1. The van der Waals surface area contributed by atoms with Gasteiger partial charge in [-0.05, 0) is 24.8 Å². The molecule has 1 aliphatic carbocycles. The van der Waals surface area contributed by atoms with Gasteiger partial charge in [0.25, 0.3) is 0 Å². The Balaban J connectivity index is 2.53. The number of rotatable bonds is 2. The standard InChI is InChI=1S/C10H17N/c1-4-11-9-5-7-10(2,3)8-6-9/h5-7,11H,4,8H2,1-3H3. The molecule has 1 aliphatic rings. The van der Waals surface area contributed by atoms with Crippen molar-refractivity contribution in [1.82, 2.24) is 5.32 Å². The van der Waals surface area contributed by atoms with E-state index in [4.69, 9.17) is 0 Å². The molecule has 1 N–H and O–H groups in total. The van der Waals surface area contributed by atoms with E-state index in [0.29, 0.717) is 5.41 Å². The van der Waals surface area contributed by atoms with E-state index in [2.05, 4.69) is 44.3 Å². The van der Waals surface area contributed by atoms with Gasteiger partial charge in [0.2, 0.25) is 0 Å². The Morgan fingerprint density at radius 2 is 2.27 bits per heavy atom. The van der Waals surface area contributed by atoms with Crippen molar-refractivity contribution in [3.05, 3.63) is 23.9 Å². The highest BCUT2D eigenvalue weighted by Gasteiger charge is 2.15. The minimum atomic E-state index is 0.360. The SMILES string of the molecule is CCNC1=CCC(C)(C)C=C1. The molecular formula is C10H17N. The highest BCUT2D eigenvalue weighted by Crippen LogP contribution is 2.27. The van der Waals surface area contributed by atoms with Crippen molar-refractivity contribution in [3.63, 3.8) is 0 Å². The second-order valence-corrected chi connectivity index (χ2v) is 3.72. The number of hydrogen-bond acceptors (Lipinski definition) is 1. The fourth-order valence-electron chi connectivity index (χ4n) is 1.16. The molecule has 0 aromatic heterocycles. The zero-order valence-corrected chi connectivity index (χ0v) is 7.65. The topological polar surface area (TPSA) is 12.0 Å². The normalized spacial score (nSPS) is 21.2. The molecule has 0 aliphatic heterocycles. The highest BCUT2D eigenvalue weighted by atomic mass is 14.9. The van der Waals surface area contributed by atoms with Crippen molar-refractivity contribution >= 4 is 0 Å². The Bertz CT molecular complexity index is 187. The zero-order chi connectivity index (χ0) is 8.32. The Hall–Kier alpha value is -0.720. The molecular weight excluding hydrogens is 134 g/mol. The molecule has 0 aromatic carbocycles. The van der Waals surface area contributed by atoms with Crippen molar-refractivity contribution in [2.45, 2.75) is 27.2 Å². The molecule has 11 heavy (non-hydrogen) atoms. The fraction of sp³-hybridized carbons (Fsp3) is 0.600. The Labute approximate surface area is 69.2 Å². The number of hydrogen-bond donors (Lipinski definition) is 1. The van der Waals surface area contributed by atoms with E-state index < -0.39 is 0 Å². The number of likely N-dealkylation sites (N-methyl/N-ethyl adjacent to an activating group) is 1. The van der Waals surface area contributed by atoms with Gasteiger partial charge in [-0.25, -0.2) is 0 Å². The van der Waals surface area contributed by atoms with Crippen LogP contribution in [0.3, 0.4) is 0 Å². The van der Waals surface area contributed by atoms with Crippen molar-refractivity contribution in [2.24, 2.45) is 5.41 Å². The van der Waals surface area contributed by atoms with Crippen LogP contribution in [0.2, 0.25) is 0 Å². The summed E-state index contributed by atoms with van der Waals surface area (Å²) in [5, 5.41) is 3.30. The van der Waals surface area contributed by atoms with E-state index in [9.17, 15) is 0 Å². The summed E-state index contributed by atoms with van der Waals surface area (Å²) in [6.07, 6.45) is 7.85. The van der Waals surface area contributed by atoms with Crippen LogP contribution >= 0.6 is 0 Å². The maximum Gasteiger partial charge on any atom is 0.0296 e. The summed E-state index contributed by atoms with van der Waals surface area (Å²) in [5.41, 5.74) is 1.63. The maximum atomic E-state index is 3.30. The smallest absolute Gasteiger partial charge is 0.0296 e. The van der Waals surface area contributed by atoms with E-state index in [-0.39, 0.29) is 0 Å². The van der Waals surface area contributed by atoms with Crippen LogP contribution in [0.5, 0.6) is 0 Å². The predicted molar refractivity (Wildman–Crippen MR) is 49.3 cm³/mol. The molecule has 0 unspecified atom stereocenters. The van der Waals surface area contributed by atoms with E-state index in [1.807, 2.05) is 0 Å². The summed E-state index contributed by atoms with van der Waals surface area (Å²) in [6.45, 7) is 7.64. The van der Waals surface area contributed by atoms with Gasteiger partial charge in [-0.15, -0.1) is 0 Å². The molecule has 0 heterocycles. The first-order chi connectivity index (χ1) is 5.14. The summed E-state index contributed by atoms with van der Waals surface area (Å²) in [7, 11) is 0. The molecule has 1 nitrogen and oxygen atoms in total. The molecule has 0 amide bonds. The Morgan fingerprint density at radius 1 is 1.55 bits per heavy atom. The Morgan fingerprint density at radius 3 is 2.73 bits per heavy atom. The second-order valence-electron chi connectivity index (χ2n) is 3.72. The van der Waals surface area contributed by atoms with Gasteiger partial charge >= 0.3 is 0 Å². The molecule has 0 saturated heterocycles. The molecule has 1 heteroatoms. The quantitative estimate of drug-likeness (QED) is 0.639. The van der Waals surface area contributed by atoms with Gasteiger partial charge in [0.05, 0.1) is 0 Å². The molecule has 0 spiro atoms. The molecule has 0 bridgehead atoms. The van der Waals surface area contributed by atoms with Crippen LogP contribution in [0, 0.1) is 5.41 Å². The minimum Gasteiger partial charge on any atom is -0.386 e. The third-order valence-corrected chi connectivity index (χ3v) is 1.94. The monoisotopic (exact) mass is 151 g/mol. The predicted octanol–water partition coefficient (Wildman–Crippen LogP) is 2.47. The van der Waals surface area contributed by atoms with Crippen LogP contribution in [-0.4, -0.2) is 6.54 Å². The molecule has 62 valence electrons. The zero-order valence-electron chi connectivity index (χ0n) is 7.65. The van der Waals surface area contributed by atoms with E-state index in [0.717, 1.165) is 13.0 Å². The average Bonchev–Trinajstić information content (AvgIpc) is 1.94. The lowest BCUT2D eigenvalue weighted by Crippen LogP contribution is -2.16. The summed E-state index contributed by atoms with van der Waals surface area (Å²) in [5.74, 6) is 0. The van der Waals surface area contributed by atoms with Gasteiger partial charge in [-0.3, -0.25) is 0 Å². The summed E-state index contributed by atoms with van der Waals surface area (Å²) >= 11 is 0. The lowest BCUT2D eigenvalue weighted by molar-refractivity contribution is 0.479. The van der Waals surface area contributed by atoms with Crippen molar-refractivity contribution in [1.29, 1.82) is 0 Å². The first-order valence-corrected chi connectivity index (χ1v) is 4.27. The van der Waals surface area contributed by atoms with E-state index >= 15 is 0 Å². The molecule has 0 fully saturated rings. The van der Waals surface area contributed by atoms with Crippen LogP contribution in [0.4, 0.5) is 0 Å². The van der Waals surface area contributed by atoms with Crippen molar-refractivity contribution in [2.75, 3.05) is 6.54 Å². The van der Waals surface area contributed by atoms with Gasteiger partial charge in [0, 0.05) is 12.2 Å². The van der Waals surface area contributed by atoms with Crippen LogP contribution < -0.4 is 5.32 Å². The number of allylic oxidation sites excluding steroid dienone is 3. The lowest BCUT2D eigenvalue weighted by Gasteiger charge is -2.22. The fourth-order valence-corrected chi connectivity index (χ4v) is 1.16. The Kier molecular flexibility index (Phi) is 2.38. The maximum absolute atomic E-state index is 3.30. The van der Waals surface area contributed by atoms with E-state index in [1.165, 1.54) is 5.70 Å². The lowest BCUT2D eigenvalue weighted by atomic mass is 9.85. The van der Waals surface area contributed by atoms with Gasteiger partial charge in [0.1, 0.15) is 0 Å². The van der Waals surface area contributed by atoms with Gasteiger partial charge in [0.15, 0.2) is 0 Å². The first-order valence-electron chi connectivity index (χ1n) is 4.27. The van der Waals surface area contributed by atoms with Crippen LogP contribution in [0.1, 0.15) is 27.2 Å². The average molecular weight is 151 g/mol. The van der Waals surface area contributed by atoms with Gasteiger partial charge in [-0.2, -0.15) is 0 Å². The highest BCUT2D eigenvalue weighted by molar-refractivity contribution is 5.23. The first kappa shape index (κ1) is 8.38. The van der Waals surface area contributed by atoms with Crippen molar-refractivity contribution < 1.29 is 0 Å². The third kappa shape index (κ3) is 2.41. The molecule has 0 radical (unpaired) electrons. The van der Waals surface area contributed by atoms with Crippen LogP contribution in [-0.2, 0) is 0 Å². The van der Waals surface area contributed by atoms with Gasteiger partial charge < -0.3 is 5.32 Å². The molecule has 0 saturated carbocycles. The summed E-state index contributed by atoms with van der Waals surface area (Å²) < 4.78 is 0. The van der Waals surface area contributed by atoms with Gasteiger partial charge in [-0.1, -0.05) is 26.0 Å². The minimum absolute atomic E-state index is 0.360. The molecule has 0 aromatic rings. The van der Waals surface area contributed by atoms with Crippen LogP contribution in [0.15, 0.2) is 23.9 Å². The summed E-state index contributed by atoms with van der Waals surface area (Å²) in [4.78, 5) is 0. The second kappa shape index (κ2) is 3.12. The van der Waals surface area contributed by atoms with E-state index in [1.54, 1.807) is 0 Å². The van der Waals surface area contributed by atoms with Crippen molar-refractivity contribution in [3.8, 4) is 0 Å². The molecule has 0 atom stereocenters.